The van der Waals surface area contributed by atoms with Crippen LogP contribution >= 0.6 is 11.6 Å². The van der Waals surface area contributed by atoms with Crippen LogP contribution in [0.1, 0.15) is 16.7 Å². The lowest BCUT2D eigenvalue weighted by atomic mass is 10.1. The molecule has 0 aliphatic rings. The molecule has 0 radical (unpaired) electrons. The molecule has 0 saturated carbocycles. The predicted molar refractivity (Wildman–Crippen MR) is 86.8 cm³/mol. The third-order valence-corrected chi connectivity index (χ3v) is 4.20. The van der Waals surface area contributed by atoms with Crippen LogP contribution < -0.4 is 10.5 Å². The van der Waals surface area contributed by atoms with Crippen molar-refractivity contribution < 1.29 is 8.42 Å². The van der Waals surface area contributed by atoms with Crippen molar-refractivity contribution in [3.05, 3.63) is 64.2 Å². The zero-order valence-corrected chi connectivity index (χ0v) is 13.2. The maximum Gasteiger partial charge on any atom is 0.213 e. The van der Waals surface area contributed by atoms with Gasteiger partial charge in [0.05, 0.1) is 5.75 Å². The molecular weight excluding hydrogens is 308 g/mol. The van der Waals surface area contributed by atoms with Crippen LogP contribution in [0, 0.1) is 6.92 Å². The van der Waals surface area contributed by atoms with E-state index in [0.29, 0.717) is 12.1 Å². The Morgan fingerprint density at radius 3 is 2.29 bits per heavy atom. The Balaban J connectivity index is 1.99. The number of nitrogens with one attached hydrogen (secondary N) is 1. The van der Waals surface area contributed by atoms with Crippen LogP contribution in [0.2, 0.25) is 5.02 Å². The number of nitrogens with two attached hydrogens (primary N) is 1. The fourth-order valence-electron chi connectivity index (χ4n) is 1.90. The topological polar surface area (TPSA) is 72.2 Å². The molecule has 2 rings (SSSR count). The summed E-state index contributed by atoms with van der Waals surface area (Å²) in [5, 5.41) is 9.02. The van der Waals surface area contributed by atoms with Gasteiger partial charge in [-0.15, -0.1) is 0 Å². The van der Waals surface area contributed by atoms with Crippen LogP contribution in [0.4, 0.5) is 5.69 Å². The Morgan fingerprint density at radius 1 is 1.10 bits per heavy atom. The molecule has 4 nitrogen and oxygen atoms in total. The van der Waals surface area contributed by atoms with E-state index in [1.807, 2.05) is 37.3 Å². The van der Waals surface area contributed by atoms with Gasteiger partial charge >= 0.3 is 0 Å². The molecule has 0 bridgehead atoms. The standard InChI is InChI=1S/C15H17ClN2O2S/c1-11-2-3-13(8-15(11)16)9-18-14-6-4-12(5-7-14)10-21(17,19)20/h2-8,18H,9-10H2,1H3,(H2,17,19,20). The minimum absolute atomic E-state index is 0.152. The fraction of sp³-hybridized carbons (Fsp3) is 0.200. The largest absolute Gasteiger partial charge is 0.381 e. The van der Waals surface area contributed by atoms with Crippen molar-refractivity contribution in [2.45, 2.75) is 19.2 Å². The van der Waals surface area contributed by atoms with E-state index >= 15 is 0 Å². The Kier molecular flexibility index (Phi) is 4.88. The molecule has 0 aliphatic heterocycles. The molecule has 3 N–H and O–H groups in total. The van der Waals surface area contributed by atoms with Crippen LogP contribution in [0.15, 0.2) is 42.5 Å². The summed E-state index contributed by atoms with van der Waals surface area (Å²) in [5.41, 5.74) is 3.71. The van der Waals surface area contributed by atoms with Crippen LogP contribution in [0.3, 0.4) is 0 Å². The van der Waals surface area contributed by atoms with E-state index in [4.69, 9.17) is 16.7 Å². The Labute approximate surface area is 130 Å². The minimum Gasteiger partial charge on any atom is -0.381 e. The molecule has 0 unspecified atom stereocenters. The average Bonchev–Trinajstić information content (AvgIpc) is 2.40. The van der Waals surface area contributed by atoms with Crippen molar-refractivity contribution in [2.75, 3.05) is 5.32 Å². The smallest absolute Gasteiger partial charge is 0.213 e. The van der Waals surface area contributed by atoms with E-state index in [9.17, 15) is 8.42 Å². The summed E-state index contributed by atoms with van der Waals surface area (Å²) in [7, 11) is -3.49. The minimum atomic E-state index is -3.49. The predicted octanol–water partition coefficient (Wildman–Crippen LogP) is 3.05. The highest BCUT2D eigenvalue weighted by molar-refractivity contribution is 7.88. The lowest BCUT2D eigenvalue weighted by Gasteiger charge is -2.08. The quantitative estimate of drug-likeness (QED) is 0.888. The third-order valence-electron chi connectivity index (χ3n) is 3.05. The highest BCUT2D eigenvalue weighted by Gasteiger charge is 2.04. The lowest BCUT2D eigenvalue weighted by Crippen LogP contribution is -2.14. The first-order chi connectivity index (χ1) is 9.83. The highest BCUT2D eigenvalue weighted by atomic mass is 35.5. The van der Waals surface area contributed by atoms with Crippen molar-refractivity contribution >= 4 is 27.3 Å². The van der Waals surface area contributed by atoms with Gasteiger partial charge in [0.25, 0.3) is 0 Å². The van der Waals surface area contributed by atoms with Gasteiger partial charge in [0.15, 0.2) is 0 Å². The number of benzene rings is 2. The monoisotopic (exact) mass is 324 g/mol. The number of rotatable bonds is 5. The number of primary sulfonamides is 1. The average molecular weight is 325 g/mol. The van der Waals surface area contributed by atoms with Crippen molar-refractivity contribution in [3.63, 3.8) is 0 Å². The van der Waals surface area contributed by atoms with Gasteiger partial charge in [-0.05, 0) is 41.8 Å². The van der Waals surface area contributed by atoms with Crippen molar-refractivity contribution in [3.8, 4) is 0 Å². The fourth-order valence-corrected chi connectivity index (χ4v) is 2.76. The molecule has 0 amide bonds. The van der Waals surface area contributed by atoms with Crippen LogP contribution in [-0.2, 0) is 22.3 Å². The van der Waals surface area contributed by atoms with Gasteiger partial charge in [-0.25, -0.2) is 13.6 Å². The lowest BCUT2D eigenvalue weighted by molar-refractivity contribution is 0.597. The Hall–Kier alpha value is -1.56. The summed E-state index contributed by atoms with van der Waals surface area (Å²) >= 11 is 6.08. The number of hydrogen-bond acceptors (Lipinski definition) is 3. The maximum atomic E-state index is 11.0. The second-order valence-corrected chi connectivity index (χ2v) is 6.96. The van der Waals surface area contributed by atoms with Gasteiger partial charge in [0.1, 0.15) is 0 Å². The summed E-state index contributed by atoms with van der Waals surface area (Å²) in [5.74, 6) is -0.152. The van der Waals surface area contributed by atoms with Gasteiger partial charge in [-0.1, -0.05) is 35.9 Å². The number of sulfonamides is 1. The molecule has 0 spiro atoms. The van der Waals surface area contributed by atoms with E-state index in [0.717, 1.165) is 21.8 Å². The molecule has 21 heavy (non-hydrogen) atoms. The van der Waals surface area contributed by atoms with Gasteiger partial charge in [0, 0.05) is 17.3 Å². The molecule has 2 aromatic rings. The second kappa shape index (κ2) is 6.47. The van der Waals surface area contributed by atoms with E-state index in [-0.39, 0.29) is 5.75 Å². The summed E-state index contributed by atoms with van der Waals surface area (Å²) in [6.07, 6.45) is 0. The molecule has 0 aliphatic carbocycles. The van der Waals surface area contributed by atoms with Crippen molar-refractivity contribution in [1.29, 1.82) is 0 Å². The molecule has 2 aromatic carbocycles. The first-order valence-electron chi connectivity index (χ1n) is 6.42. The molecule has 112 valence electrons. The second-order valence-electron chi connectivity index (χ2n) is 4.94. The van der Waals surface area contributed by atoms with E-state index in [2.05, 4.69) is 5.32 Å². The molecule has 0 fully saturated rings. The highest BCUT2D eigenvalue weighted by Crippen LogP contribution is 2.18. The van der Waals surface area contributed by atoms with Crippen molar-refractivity contribution in [1.82, 2.24) is 0 Å². The number of halogens is 1. The molecular formula is C15H17ClN2O2S. The summed E-state index contributed by atoms with van der Waals surface area (Å²) in [4.78, 5) is 0. The molecule has 0 heterocycles. The summed E-state index contributed by atoms with van der Waals surface area (Å²) in [6, 6.07) is 13.1. The van der Waals surface area contributed by atoms with E-state index < -0.39 is 10.0 Å². The van der Waals surface area contributed by atoms with E-state index in [1.54, 1.807) is 12.1 Å². The Bertz CT molecular complexity index is 728. The zero-order valence-electron chi connectivity index (χ0n) is 11.6. The normalized spacial score (nSPS) is 11.4. The molecule has 0 atom stereocenters. The maximum absolute atomic E-state index is 11.0. The third kappa shape index (κ3) is 5.04. The van der Waals surface area contributed by atoms with Crippen LogP contribution in [0.25, 0.3) is 0 Å². The number of hydrogen-bond donors (Lipinski definition) is 2. The van der Waals surface area contributed by atoms with Gasteiger partial charge in [-0.2, -0.15) is 0 Å². The molecule has 0 aromatic heterocycles. The number of anilines is 1. The first kappa shape index (κ1) is 15.8. The van der Waals surface area contributed by atoms with Gasteiger partial charge in [-0.3, -0.25) is 0 Å². The number of aryl methyl sites for hydroxylation is 1. The summed E-state index contributed by atoms with van der Waals surface area (Å²) < 4.78 is 22.0. The van der Waals surface area contributed by atoms with Gasteiger partial charge in [0.2, 0.25) is 10.0 Å². The zero-order chi connectivity index (χ0) is 15.5. The molecule has 0 saturated heterocycles. The van der Waals surface area contributed by atoms with Crippen LogP contribution in [0.5, 0.6) is 0 Å². The first-order valence-corrected chi connectivity index (χ1v) is 8.51. The summed E-state index contributed by atoms with van der Waals surface area (Å²) in [6.45, 7) is 2.61. The molecule has 6 heteroatoms. The Morgan fingerprint density at radius 2 is 1.71 bits per heavy atom. The van der Waals surface area contributed by atoms with Crippen LogP contribution in [-0.4, -0.2) is 8.42 Å². The van der Waals surface area contributed by atoms with E-state index in [1.165, 1.54) is 0 Å². The van der Waals surface area contributed by atoms with Crippen molar-refractivity contribution in [2.24, 2.45) is 5.14 Å². The van der Waals surface area contributed by atoms with Gasteiger partial charge < -0.3 is 5.32 Å². The SMILES string of the molecule is Cc1ccc(CNc2ccc(CS(N)(=O)=O)cc2)cc1Cl.